The molecule has 0 fully saturated rings. The highest BCUT2D eigenvalue weighted by Gasteiger charge is 2.22. The zero-order valence-electron chi connectivity index (χ0n) is 16.5. The lowest BCUT2D eigenvalue weighted by Crippen LogP contribution is -2.27. The number of unbranched alkanes of at least 4 members (excludes halogenated alkanes) is 2. The van der Waals surface area contributed by atoms with Crippen LogP contribution in [0.1, 0.15) is 69.9 Å². The van der Waals surface area contributed by atoms with Gasteiger partial charge < -0.3 is 0 Å². The van der Waals surface area contributed by atoms with Crippen molar-refractivity contribution < 1.29 is 0 Å². The molecule has 26 heavy (non-hydrogen) atoms. The van der Waals surface area contributed by atoms with Crippen LogP contribution in [0.25, 0.3) is 11.6 Å². The molecule has 0 aromatic heterocycles. The summed E-state index contributed by atoms with van der Waals surface area (Å²) >= 11 is 0. The molecule has 4 rings (SSSR count). The standard InChI is InChI=1S/C26H32/c1-3-5-9-19-13-15-25-23(21(19)11-6-4-2)17-18-24-22-12-8-7-10-20(22)14-16-26(24)25/h7-8,10,12,14,17-19H,3-6,9,11,13,15-16H2,1-2H3. The first-order valence-electron chi connectivity index (χ1n) is 10.8. The molecule has 2 aliphatic rings. The molecule has 0 bridgehead atoms. The number of hydrogen-bond acceptors (Lipinski definition) is 0. The quantitative estimate of drug-likeness (QED) is 0.658. The van der Waals surface area contributed by atoms with Gasteiger partial charge in [-0.3, -0.25) is 0 Å². The Morgan fingerprint density at radius 2 is 1.65 bits per heavy atom. The minimum Gasteiger partial charge on any atom is -0.0722 e. The highest BCUT2D eigenvalue weighted by atomic mass is 14.3. The van der Waals surface area contributed by atoms with Gasteiger partial charge in [-0.05, 0) is 76.4 Å². The summed E-state index contributed by atoms with van der Waals surface area (Å²) in [7, 11) is 0. The molecule has 0 aliphatic heterocycles. The molecular formula is C26H32. The first kappa shape index (κ1) is 17.6. The van der Waals surface area contributed by atoms with Gasteiger partial charge in [-0.1, -0.05) is 81.2 Å². The minimum atomic E-state index is 0.826. The Labute approximate surface area is 158 Å². The molecule has 136 valence electrons. The Hall–Kier alpha value is -1.82. The summed E-state index contributed by atoms with van der Waals surface area (Å²) in [5.74, 6) is 0.826. The Bertz CT molecular complexity index is 993. The molecule has 0 saturated carbocycles. The van der Waals surface area contributed by atoms with E-state index in [4.69, 9.17) is 0 Å². The van der Waals surface area contributed by atoms with E-state index in [0.717, 1.165) is 12.3 Å². The van der Waals surface area contributed by atoms with Gasteiger partial charge in [-0.25, -0.2) is 0 Å². The van der Waals surface area contributed by atoms with Crippen LogP contribution in [0, 0.1) is 16.4 Å². The van der Waals surface area contributed by atoms with E-state index in [0.29, 0.717) is 0 Å². The van der Waals surface area contributed by atoms with Crippen molar-refractivity contribution >= 4 is 11.6 Å². The van der Waals surface area contributed by atoms with Gasteiger partial charge in [-0.15, -0.1) is 0 Å². The summed E-state index contributed by atoms with van der Waals surface area (Å²) in [5, 5.41) is 5.95. The van der Waals surface area contributed by atoms with Crippen molar-refractivity contribution in [3.8, 4) is 0 Å². The van der Waals surface area contributed by atoms with Crippen LogP contribution in [0.2, 0.25) is 0 Å². The summed E-state index contributed by atoms with van der Waals surface area (Å²) < 4.78 is 0. The first-order valence-corrected chi connectivity index (χ1v) is 10.8. The predicted molar refractivity (Wildman–Crippen MR) is 112 cm³/mol. The lowest BCUT2D eigenvalue weighted by Gasteiger charge is -2.28. The summed E-state index contributed by atoms with van der Waals surface area (Å²) in [5.41, 5.74) is 5.07. The van der Waals surface area contributed by atoms with Gasteiger partial charge in [0.1, 0.15) is 0 Å². The maximum atomic E-state index is 2.47. The fourth-order valence-corrected chi connectivity index (χ4v) is 5.09. The zero-order valence-corrected chi connectivity index (χ0v) is 16.5. The summed E-state index contributed by atoms with van der Waals surface area (Å²) in [6, 6.07) is 13.8. The molecule has 0 radical (unpaired) electrons. The van der Waals surface area contributed by atoms with Crippen molar-refractivity contribution in [3.63, 3.8) is 0 Å². The summed E-state index contributed by atoms with van der Waals surface area (Å²) in [4.78, 5) is 0. The number of fused-ring (bicyclic) bond motifs is 4. The molecule has 2 aromatic carbocycles. The van der Waals surface area contributed by atoms with Gasteiger partial charge in [0.05, 0.1) is 0 Å². The SMILES string of the molecule is CCCCC1=c2ccc3c(c2CCC1CCCC)CC=c1ccccc1=3. The molecule has 1 unspecified atom stereocenters. The zero-order chi connectivity index (χ0) is 17.9. The predicted octanol–water partition coefficient (Wildman–Crippen LogP) is 5.40. The number of rotatable bonds is 6. The maximum absolute atomic E-state index is 2.47. The molecule has 0 spiro atoms. The monoisotopic (exact) mass is 344 g/mol. The van der Waals surface area contributed by atoms with E-state index in [1.165, 1.54) is 67.0 Å². The fourth-order valence-electron chi connectivity index (χ4n) is 5.09. The Kier molecular flexibility index (Phi) is 5.29. The topological polar surface area (TPSA) is 0 Å². The van der Waals surface area contributed by atoms with Gasteiger partial charge in [0.15, 0.2) is 0 Å². The normalized spacial score (nSPS) is 17.9. The van der Waals surface area contributed by atoms with Crippen LogP contribution in [0.5, 0.6) is 0 Å². The van der Waals surface area contributed by atoms with E-state index >= 15 is 0 Å². The van der Waals surface area contributed by atoms with Gasteiger partial charge in [0.2, 0.25) is 0 Å². The largest absolute Gasteiger partial charge is 0.0722 e. The van der Waals surface area contributed by atoms with Crippen LogP contribution >= 0.6 is 0 Å². The fraction of sp³-hybridized carbons (Fsp3) is 0.462. The van der Waals surface area contributed by atoms with Crippen LogP contribution in [-0.4, -0.2) is 0 Å². The van der Waals surface area contributed by atoms with E-state index in [9.17, 15) is 0 Å². The van der Waals surface area contributed by atoms with E-state index in [1.807, 2.05) is 0 Å². The summed E-state index contributed by atoms with van der Waals surface area (Å²) in [6.07, 6.45) is 14.2. The second-order valence-electron chi connectivity index (χ2n) is 8.12. The third kappa shape index (κ3) is 3.15. The van der Waals surface area contributed by atoms with Crippen LogP contribution in [-0.2, 0) is 12.8 Å². The van der Waals surface area contributed by atoms with E-state index in [-0.39, 0.29) is 0 Å². The molecule has 0 saturated heterocycles. The van der Waals surface area contributed by atoms with Gasteiger partial charge in [-0.2, -0.15) is 0 Å². The average Bonchev–Trinajstić information content (AvgIpc) is 2.70. The van der Waals surface area contributed by atoms with Crippen LogP contribution < -0.4 is 10.4 Å². The van der Waals surface area contributed by atoms with E-state index in [1.54, 1.807) is 21.9 Å². The smallest absolute Gasteiger partial charge is 0.00791 e. The second kappa shape index (κ2) is 7.82. The first-order chi connectivity index (χ1) is 12.8. The third-order valence-corrected chi connectivity index (χ3v) is 6.50. The molecule has 2 aromatic rings. The second-order valence-corrected chi connectivity index (χ2v) is 8.12. The van der Waals surface area contributed by atoms with Crippen molar-refractivity contribution in [2.75, 3.05) is 0 Å². The highest BCUT2D eigenvalue weighted by Crippen LogP contribution is 2.32. The van der Waals surface area contributed by atoms with Crippen LogP contribution in [0.4, 0.5) is 0 Å². The number of hydrogen-bond donors (Lipinski definition) is 0. The molecule has 0 nitrogen and oxygen atoms in total. The lowest BCUT2D eigenvalue weighted by molar-refractivity contribution is 0.503. The highest BCUT2D eigenvalue weighted by molar-refractivity contribution is 5.55. The number of benzene rings is 2. The van der Waals surface area contributed by atoms with Gasteiger partial charge in [0, 0.05) is 0 Å². The van der Waals surface area contributed by atoms with Gasteiger partial charge >= 0.3 is 0 Å². The molecule has 2 aliphatic carbocycles. The van der Waals surface area contributed by atoms with Gasteiger partial charge in [0.25, 0.3) is 0 Å². The van der Waals surface area contributed by atoms with Crippen molar-refractivity contribution in [2.45, 2.75) is 71.6 Å². The molecule has 0 heteroatoms. The van der Waals surface area contributed by atoms with Crippen LogP contribution in [0.3, 0.4) is 0 Å². The maximum Gasteiger partial charge on any atom is -0.00791 e. The molecule has 0 N–H and O–H groups in total. The Morgan fingerprint density at radius 1 is 0.846 bits per heavy atom. The van der Waals surface area contributed by atoms with Crippen molar-refractivity contribution in [1.82, 2.24) is 0 Å². The van der Waals surface area contributed by atoms with Crippen molar-refractivity contribution in [3.05, 3.63) is 68.4 Å². The molecular weight excluding hydrogens is 312 g/mol. The minimum absolute atomic E-state index is 0.826. The lowest BCUT2D eigenvalue weighted by atomic mass is 9.77. The van der Waals surface area contributed by atoms with Crippen LogP contribution in [0.15, 0.2) is 36.4 Å². The summed E-state index contributed by atoms with van der Waals surface area (Å²) in [6.45, 7) is 4.65. The van der Waals surface area contributed by atoms with E-state index in [2.05, 4.69) is 56.3 Å². The van der Waals surface area contributed by atoms with E-state index < -0.39 is 0 Å². The Morgan fingerprint density at radius 3 is 2.50 bits per heavy atom. The molecule has 1 atom stereocenters. The average molecular weight is 345 g/mol. The molecule has 0 amide bonds. The Balaban J connectivity index is 1.93. The van der Waals surface area contributed by atoms with Crippen molar-refractivity contribution in [2.24, 2.45) is 5.92 Å². The molecule has 0 heterocycles. The third-order valence-electron chi connectivity index (χ3n) is 6.50. The van der Waals surface area contributed by atoms with Crippen molar-refractivity contribution in [1.29, 1.82) is 0 Å².